The van der Waals surface area contributed by atoms with Crippen LogP contribution in [0.25, 0.3) is 0 Å². The van der Waals surface area contributed by atoms with Gasteiger partial charge in [0.1, 0.15) is 0 Å². The molecule has 1 rings (SSSR count). The molecule has 1 saturated carbocycles. The zero-order valence-electron chi connectivity index (χ0n) is 10.8. The van der Waals surface area contributed by atoms with Crippen molar-refractivity contribution in [1.82, 2.24) is 0 Å². The van der Waals surface area contributed by atoms with Crippen LogP contribution in [0.4, 0.5) is 0 Å². The summed E-state index contributed by atoms with van der Waals surface area (Å²) in [7, 11) is 0. The van der Waals surface area contributed by atoms with Crippen molar-refractivity contribution >= 4 is 0 Å². The van der Waals surface area contributed by atoms with E-state index in [1.54, 1.807) is 5.57 Å². The van der Waals surface area contributed by atoms with Crippen LogP contribution in [0.5, 0.6) is 0 Å². The summed E-state index contributed by atoms with van der Waals surface area (Å²) < 4.78 is 0. The van der Waals surface area contributed by atoms with E-state index >= 15 is 0 Å². The van der Waals surface area contributed by atoms with Gasteiger partial charge in [-0.25, -0.2) is 0 Å². The molecule has 0 aromatic heterocycles. The first kappa shape index (κ1) is 13.3. The van der Waals surface area contributed by atoms with Crippen LogP contribution in [-0.2, 0) is 0 Å². The minimum atomic E-state index is 0.825. The average Bonchev–Trinajstić information content (AvgIpc) is 2.97. The van der Waals surface area contributed by atoms with Crippen LogP contribution in [-0.4, -0.2) is 0 Å². The van der Waals surface area contributed by atoms with E-state index in [1.807, 2.05) is 6.08 Å². The Morgan fingerprint density at radius 2 is 2.00 bits per heavy atom. The summed E-state index contributed by atoms with van der Waals surface area (Å²) in [5.41, 5.74) is 1.69. The molecule has 2 atom stereocenters. The van der Waals surface area contributed by atoms with E-state index in [1.165, 1.54) is 38.5 Å². The van der Waals surface area contributed by atoms with Crippen molar-refractivity contribution in [3.05, 3.63) is 37.0 Å². The highest BCUT2D eigenvalue weighted by Crippen LogP contribution is 2.37. The molecule has 0 nitrogen and oxygen atoms in total. The maximum absolute atomic E-state index is 3.85. The summed E-state index contributed by atoms with van der Waals surface area (Å²) in [6.07, 6.45) is 15.5. The third-order valence-electron chi connectivity index (χ3n) is 3.52. The van der Waals surface area contributed by atoms with Gasteiger partial charge in [-0.05, 0) is 56.8 Å². The van der Waals surface area contributed by atoms with E-state index in [0.29, 0.717) is 0 Å². The van der Waals surface area contributed by atoms with Gasteiger partial charge in [0.2, 0.25) is 0 Å². The van der Waals surface area contributed by atoms with E-state index < -0.39 is 0 Å². The Morgan fingerprint density at radius 1 is 1.25 bits per heavy atom. The van der Waals surface area contributed by atoms with Crippen LogP contribution in [0.2, 0.25) is 0 Å². The lowest BCUT2D eigenvalue weighted by molar-refractivity contribution is 0.446. The fourth-order valence-corrected chi connectivity index (χ4v) is 2.24. The van der Waals surface area contributed by atoms with Gasteiger partial charge in [0.05, 0.1) is 0 Å². The fraction of sp³-hybridized carbons (Fsp3) is 0.625. The molecule has 16 heavy (non-hydrogen) atoms. The van der Waals surface area contributed by atoms with Crippen LogP contribution < -0.4 is 0 Å². The summed E-state index contributed by atoms with van der Waals surface area (Å²) in [6, 6.07) is 0. The zero-order valence-corrected chi connectivity index (χ0v) is 10.8. The van der Waals surface area contributed by atoms with Gasteiger partial charge in [-0.15, -0.1) is 13.2 Å². The molecule has 1 aliphatic rings. The fourth-order valence-electron chi connectivity index (χ4n) is 2.24. The molecule has 1 fully saturated rings. The molecule has 0 N–H and O–H groups in total. The second-order valence-electron chi connectivity index (χ2n) is 5.07. The van der Waals surface area contributed by atoms with Crippen LogP contribution >= 0.6 is 0 Å². The second-order valence-corrected chi connectivity index (χ2v) is 5.07. The van der Waals surface area contributed by atoms with Crippen molar-refractivity contribution in [1.29, 1.82) is 0 Å². The van der Waals surface area contributed by atoms with E-state index in [0.717, 1.165) is 18.3 Å². The Labute approximate surface area is 101 Å². The molecule has 90 valence electrons. The Morgan fingerprint density at radius 3 is 2.56 bits per heavy atom. The molecule has 0 spiro atoms. The Hall–Kier alpha value is -0.780. The van der Waals surface area contributed by atoms with Crippen molar-refractivity contribution in [3.8, 4) is 0 Å². The van der Waals surface area contributed by atoms with Gasteiger partial charge in [-0.3, -0.25) is 0 Å². The maximum Gasteiger partial charge on any atom is -0.0194 e. The molecule has 0 heterocycles. The molecule has 2 unspecified atom stereocenters. The second kappa shape index (κ2) is 7.49. The van der Waals surface area contributed by atoms with Gasteiger partial charge in [0.25, 0.3) is 0 Å². The summed E-state index contributed by atoms with van der Waals surface area (Å²) in [5, 5.41) is 0. The van der Waals surface area contributed by atoms with E-state index in [2.05, 4.69) is 32.2 Å². The number of hydrogen-bond donors (Lipinski definition) is 0. The minimum Gasteiger partial charge on any atom is -0.103 e. The van der Waals surface area contributed by atoms with E-state index in [9.17, 15) is 0 Å². The summed E-state index contributed by atoms with van der Waals surface area (Å²) >= 11 is 0. The molecule has 0 aliphatic heterocycles. The third-order valence-corrected chi connectivity index (χ3v) is 3.52. The van der Waals surface area contributed by atoms with Gasteiger partial charge in [-0.2, -0.15) is 0 Å². The third kappa shape index (κ3) is 5.34. The molecule has 0 saturated heterocycles. The Balaban J connectivity index is 2.10. The molecule has 0 bridgehead atoms. The lowest BCUT2D eigenvalue weighted by atomic mass is 9.93. The van der Waals surface area contributed by atoms with Gasteiger partial charge in [-0.1, -0.05) is 30.7 Å². The molecule has 0 aromatic rings. The molecular formula is C16H26. The molecule has 0 aromatic carbocycles. The standard InChI is InChI=1S/C16H26/c1-4-6-10-15(9-5-2)11-7-8-12-16-13-14(16)3/h4-5,12,14-15H,1-2,6-11,13H2,3H3. The first-order valence-electron chi connectivity index (χ1n) is 6.68. The smallest absolute Gasteiger partial charge is 0.0194 e. The number of rotatable bonds is 9. The lowest BCUT2D eigenvalue weighted by Gasteiger charge is -2.12. The molecule has 1 aliphatic carbocycles. The summed E-state index contributed by atoms with van der Waals surface area (Å²) in [4.78, 5) is 0. The first-order chi connectivity index (χ1) is 7.77. The van der Waals surface area contributed by atoms with Gasteiger partial charge >= 0.3 is 0 Å². The average molecular weight is 218 g/mol. The van der Waals surface area contributed by atoms with Crippen LogP contribution in [0.1, 0.15) is 51.9 Å². The predicted molar refractivity (Wildman–Crippen MR) is 73.5 cm³/mol. The van der Waals surface area contributed by atoms with Crippen LogP contribution in [0, 0.1) is 11.8 Å². The largest absolute Gasteiger partial charge is 0.103 e. The summed E-state index contributed by atoms with van der Waals surface area (Å²) in [5.74, 6) is 1.72. The summed E-state index contributed by atoms with van der Waals surface area (Å²) in [6.45, 7) is 9.96. The quantitative estimate of drug-likeness (QED) is 0.365. The molecule has 0 amide bonds. The van der Waals surface area contributed by atoms with Gasteiger partial charge in [0.15, 0.2) is 0 Å². The normalized spacial score (nSPS) is 23.1. The monoisotopic (exact) mass is 218 g/mol. The van der Waals surface area contributed by atoms with Gasteiger partial charge in [0, 0.05) is 0 Å². The highest BCUT2D eigenvalue weighted by Gasteiger charge is 2.22. The number of allylic oxidation sites excluding steroid dienone is 4. The maximum atomic E-state index is 3.85. The highest BCUT2D eigenvalue weighted by atomic mass is 14.3. The SMILES string of the molecule is C=CCCC(CC=C)CCCC=C1CC1C. The van der Waals surface area contributed by atoms with Crippen molar-refractivity contribution in [2.45, 2.75) is 51.9 Å². The van der Waals surface area contributed by atoms with E-state index in [4.69, 9.17) is 0 Å². The lowest BCUT2D eigenvalue weighted by Crippen LogP contribution is -1.98. The van der Waals surface area contributed by atoms with Gasteiger partial charge < -0.3 is 0 Å². The first-order valence-corrected chi connectivity index (χ1v) is 6.68. The van der Waals surface area contributed by atoms with E-state index in [-0.39, 0.29) is 0 Å². The van der Waals surface area contributed by atoms with Crippen molar-refractivity contribution in [2.75, 3.05) is 0 Å². The topological polar surface area (TPSA) is 0 Å². The molecule has 0 radical (unpaired) electrons. The van der Waals surface area contributed by atoms with Crippen LogP contribution in [0.3, 0.4) is 0 Å². The van der Waals surface area contributed by atoms with Crippen molar-refractivity contribution in [3.63, 3.8) is 0 Å². The minimum absolute atomic E-state index is 0.825. The zero-order chi connectivity index (χ0) is 11.8. The Bertz CT molecular complexity index is 247. The molecule has 0 heteroatoms. The predicted octanol–water partition coefficient (Wildman–Crippen LogP) is 5.28. The number of hydrogen-bond acceptors (Lipinski definition) is 0. The Kier molecular flexibility index (Phi) is 6.22. The molecular weight excluding hydrogens is 192 g/mol. The van der Waals surface area contributed by atoms with Crippen molar-refractivity contribution in [2.24, 2.45) is 11.8 Å². The van der Waals surface area contributed by atoms with Crippen molar-refractivity contribution < 1.29 is 0 Å². The number of unbranched alkanes of at least 4 members (excludes halogenated alkanes) is 1. The highest BCUT2D eigenvalue weighted by molar-refractivity contribution is 5.21. The van der Waals surface area contributed by atoms with Crippen LogP contribution in [0.15, 0.2) is 37.0 Å².